The number of nitrogens with one attached hydrogen (secondary N) is 1. The van der Waals surface area contributed by atoms with Crippen molar-refractivity contribution in [3.63, 3.8) is 0 Å². The van der Waals surface area contributed by atoms with Crippen molar-refractivity contribution in [3.05, 3.63) is 33.9 Å². The Morgan fingerprint density at radius 1 is 1.39 bits per heavy atom. The van der Waals surface area contributed by atoms with Crippen molar-refractivity contribution >= 4 is 22.7 Å². The van der Waals surface area contributed by atoms with Crippen LogP contribution in [-0.2, 0) is 0 Å². The van der Waals surface area contributed by atoms with Gasteiger partial charge in [-0.2, -0.15) is 0 Å². The molecule has 4 N–H and O–H groups in total. The summed E-state index contributed by atoms with van der Waals surface area (Å²) in [5.41, 5.74) is 7.28. The van der Waals surface area contributed by atoms with Gasteiger partial charge in [0.2, 0.25) is 0 Å². The topological polar surface area (TPSA) is 110 Å². The van der Waals surface area contributed by atoms with Crippen LogP contribution in [0.25, 0.3) is 10.9 Å². The molecule has 1 saturated carbocycles. The minimum absolute atomic E-state index is 0.0791. The van der Waals surface area contributed by atoms with E-state index in [0.29, 0.717) is 47.5 Å². The van der Waals surface area contributed by atoms with E-state index in [1.54, 1.807) is 4.57 Å². The van der Waals surface area contributed by atoms with Crippen LogP contribution >= 0.6 is 0 Å². The standard InChI is InChI=1S/C22H29FN4O4/c1-12-20-16(18(31-8-6-24)10-19(28)27(20)15-3-4-15)9-17(23)21(12)26-7-5-14(11-26)13(2)25-22(29)30/h9-10,13-15,25H,3-8,11,24H2,1-2H3,(H,29,30)/t13-,14+/m0/s1. The number of carbonyl (C=O) groups is 1. The minimum atomic E-state index is -1.06. The Morgan fingerprint density at radius 2 is 2.13 bits per heavy atom. The van der Waals surface area contributed by atoms with Crippen LogP contribution in [-0.4, -0.2) is 48.0 Å². The monoisotopic (exact) mass is 432 g/mol. The quantitative estimate of drug-likeness (QED) is 0.620. The van der Waals surface area contributed by atoms with E-state index in [4.69, 9.17) is 15.6 Å². The van der Waals surface area contributed by atoms with Gasteiger partial charge in [-0.15, -0.1) is 0 Å². The summed E-state index contributed by atoms with van der Waals surface area (Å²) in [5, 5.41) is 12.1. The van der Waals surface area contributed by atoms with E-state index >= 15 is 4.39 Å². The number of aryl methyl sites for hydroxylation is 1. The number of ether oxygens (including phenoxy) is 1. The highest BCUT2D eigenvalue weighted by atomic mass is 19.1. The molecule has 0 bridgehead atoms. The number of carboxylic acid groups (broad SMARTS) is 1. The first-order valence-corrected chi connectivity index (χ1v) is 10.8. The Balaban J connectivity index is 1.78. The van der Waals surface area contributed by atoms with Gasteiger partial charge < -0.3 is 30.4 Å². The van der Waals surface area contributed by atoms with Crippen LogP contribution in [0.15, 0.2) is 16.9 Å². The van der Waals surface area contributed by atoms with Crippen molar-refractivity contribution in [2.45, 2.75) is 45.2 Å². The molecule has 8 nitrogen and oxygen atoms in total. The molecular formula is C22H29FN4O4. The highest BCUT2D eigenvalue weighted by Crippen LogP contribution is 2.42. The van der Waals surface area contributed by atoms with Gasteiger partial charge in [0.1, 0.15) is 18.2 Å². The first-order valence-electron chi connectivity index (χ1n) is 10.8. The maximum Gasteiger partial charge on any atom is 0.404 e. The zero-order valence-electron chi connectivity index (χ0n) is 17.9. The molecule has 4 rings (SSSR count). The van der Waals surface area contributed by atoms with Gasteiger partial charge >= 0.3 is 6.09 Å². The highest BCUT2D eigenvalue weighted by molar-refractivity contribution is 5.92. The molecule has 1 aromatic heterocycles. The maximum absolute atomic E-state index is 15.4. The second kappa shape index (κ2) is 8.37. The van der Waals surface area contributed by atoms with E-state index in [-0.39, 0.29) is 36.0 Å². The average Bonchev–Trinajstić information content (AvgIpc) is 3.42. The van der Waals surface area contributed by atoms with Crippen molar-refractivity contribution in [2.24, 2.45) is 11.7 Å². The Bertz CT molecular complexity index is 1070. The third kappa shape index (κ3) is 4.06. The SMILES string of the molecule is Cc1c(N2CC[C@@H]([C@H](C)NC(=O)O)C2)c(F)cc2c(OCCN)cc(=O)n(C3CC3)c12. The van der Waals surface area contributed by atoms with Crippen LogP contribution < -0.4 is 26.2 Å². The van der Waals surface area contributed by atoms with Gasteiger partial charge in [-0.3, -0.25) is 4.79 Å². The van der Waals surface area contributed by atoms with Crippen LogP contribution in [0.3, 0.4) is 0 Å². The lowest BCUT2D eigenvalue weighted by molar-refractivity contribution is 0.186. The van der Waals surface area contributed by atoms with E-state index in [0.717, 1.165) is 19.3 Å². The highest BCUT2D eigenvalue weighted by Gasteiger charge is 2.33. The fourth-order valence-corrected chi connectivity index (χ4v) is 4.71. The van der Waals surface area contributed by atoms with Crippen LogP contribution in [0, 0.1) is 18.7 Å². The summed E-state index contributed by atoms with van der Waals surface area (Å²) in [5.74, 6) is 0.0630. The van der Waals surface area contributed by atoms with Gasteiger partial charge in [0.15, 0.2) is 0 Å². The largest absolute Gasteiger partial charge is 0.491 e. The Morgan fingerprint density at radius 3 is 2.77 bits per heavy atom. The number of hydrogen-bond acceptors (Lipinski definition) is 5. The predicted molar refractivity (Wildman–Crippen MR) is 117 cm³/mol. The van der Waals surface area contributed by atoms with Gasteiger partial charge in [0.25, 0.3) is 5.56 Å². The predicted octanol–water partition coefficient (Wildman–Crippen LogP) is 2.60. The molecule has 1 aliphatic carbocycles. The molecule has 168 valence electrons. The number of anilines is 1. The summed E-state index contributed by atoms with van der Waals surface area (Å²) < 4.78 is 22.9. The molecule has 0 unspecified atom stereocenters. The Kier molecular flexibility index (Phi) is 5.79. The van der Waals surface area contributed by atoms with Gasteiger partial charge in [-0.1, -0.05) is 0 Å². The zero-order chi connectivity index (χ0) is 22.3. The summed E-state index contributed by atoms with van der Waals surface area (Å²) >= 11 is 0. The maximum atomic E-state index is 15.4. The fourth-order valence-electron chi connectivity index (χ4n) is 4.71. The molecule has 2 aromatic rings. The molecule has 2 atom stereocenters. The Labute approximate surface area is 179 Å². The third-order valence-corrected chi connectivity index (χ3v) is 6.35. The van der Waals surface area contributed by atoms with Gasteiger partial charge in [0.05, 0.1) is 11.2 Å². The van der Waals surface area contributed by atoms with E-state index in [2.05, 4.69) is 5.32 Å². The van der Waals surface area contributed by atoms with Crippen molar-refractivity contribution in [2.75, 3.05) is 31.1 Å². The number of hydrogen-bond donors (Lipinski definition) is 3. The second-order valence-corrected chi connectivity index (χ2v) is 8.55. The summed E-state index contributed by atoms with van der Waals surface area (Å²) in [7, 11) is 0. The molecule has 1 amide bonds. The van der Waals surface area contributed by atoms with Crippen molar-refractivity contribution in [1.29, 1.82) is 0 Å². The van der Waals surface area contributed by atoms with E-state index in [1.807, 2.05) is 18.7 Å². The van der Waals surface area contributed by atoms with Gasteiger partial charge in [0, 0.05) is 43.2 Å². The van der Waals surface area contributed by atoms with Crippen LogP contribution in [0.2, 0.25) is 0 Å². The third-order valence-electron chi connectivity index (χ3n) is 6.35. The van der Waals surface area contributed by atoms with Gasteiger partial charge in [-0.25, -0.2) is 9.18 Å². The van der Waals surface area contributed by atoms with Crippen molar-refractivity contribution in [3.8, 4) is 5.75 Å². The normalized spacial score (nSPS) is 19.6. The number of benzene rings is 1. The molecule has 0 radical (unpaired) electrons. The molecule has 2 heterocycles. The molecule has 1 saturated heterocycles. The molecule has 1 aromatic carbocycles. The smallest absolute Gasteiger partial charge is 0.404 e. The lowest BCUT2D eigenvalue weighted by Crippen LogP contribution is -2.38. The second-order valence-electron chi connectivity index (χ2n) is 8.55. The van der Waals surface area contributed by atoms with E-state index in [1.165, 1.54) is 12.1 Å². The fraction of sp³-hybridized carbons (Fsp3) is 0.545. The van der Waals surface area contributed by atoms with E-state index < -0.39 is 6.09 Å². The first kappa shape index (κ1) is 21.4. The minimum Gasteiger partial charge on any atom is -0.491 e. The van der Waals surface area contributed by atoms with Crippen molar-refractivity contribution in [1.82, 2.24) is 9.88 Å². The summed E-state index contributed by atoms with van der Waals surface area (Å²) in [4.78, 5) is 25.8. The number of halogens is 1. The molecule has 0 spiro atoms. The number of fused-ring (bicyclic) bond motifs is 1. The lowest BCUT2D eigenvalue weighted by atomic mass is 10.0. The zero-order valence-corrected chi connectivity index (χ0v) is 17.9. The molecule has 2 fully saturated rings. The number of aromatic nitrogens is 1. The number of nitrogens with two attached hydrogens (primary N) is 1. The number of amides is 1. The Hall–Kier alpha value is -2.81. The van der Waals surface area contributed by atoms with Crippen LogP contribution in [0.1, 0.15) is 37.8 Å². The number of rotatable bonds is 7. The molecule has 31 heavy (non-hydrogen) atoms. The van der Waals surface area contributed by atoms with Crippen LogP contribution in [0.4, 0.5) is 14.9 Å². The molecule has 2 aliphatic rings. The van der Waals surface area contributed by atoms with E-state index in [9.17, 15) is 9.59 Å². The molecule has 1 aliphatic heterocycles. The summed E-state index contributed by atoms with van der Waals surface area (Å²) in [6.07, 6.45) is 1.55. The molecule has 9 heteroatoms. The average molecular weight is 432 g/mol. The number of pyridine rings is 1. The van der Waals surface area contributed by atoms with Gasteiger partial charge in [-0.05, 0) is 50.7 Å². The first-order chi connectivity index (χ1) is 14.8. The van der Waals surface area contributed by atoms with Crippen LogP contribution in [0.5, 0.6) is 5.75 Å². The lowest BCUT2D eigenvalue weighted by Gasteiger charge is -2.26. The summed E-state index contributed by atoms with van der Waals surface area (Å²) in [6, 6.07) is 2.78. The number of nitrogens with zero attached hydrogens (tertiary/aromatic N) is 2. The van der Waals surface area contributed by atoms with Crippen molar-refractivity contribution < 1.29 is 19.0 Å². The summed E-state index contributed by atoms with van der Waals surface area (Å²) in [6.45, 7) is 5.38. The molecular weight excluding hydrogens is 403 g/mol.